The Morgan fingerprint density at radius 1 is 1.27 bits per heavy atom. The molecule has 0 bridgehead atoms. The maximum Gasteiger partial charge on any atom is 0.162 e. The van der Waals surface area contributed by atoms with Gasteiger partial charge < -0.3 is 4.74 Å². The van der Waals surface area contributed by atoms with Crippen LogP contribution in [0.3, 0.4) is 0 Å². The summed E-state index contributed by atoms with van der Waals surface area (Å²) in [5.74, 6) is 1.15. The van der Waals surface area contributed by atoms with Gasteiger partial charge >= 0.3 is 0 Å². The van der Waals surface area contributed by atoms with Gasteiger partial charge in [0, 0.05) is 12.8 Å². The van der Waals surface area contributed by atoms with Crippen molar-refractivity contribution in [3.05, 3.63) is 24.2 Å². The molecule has 2 atom stereocenters. The minimum atomic E-state index is 0.107. The molecule has 2 saturated heterocycles. The van der Waals surface area contributed by atoms with Crippen LogP contribution in [-0.4, -0.2) is 39.1 Å². The average molecular weight is 300 g/mol. The second kappa shape index (κ2) is 5.97. The Bertz CT molecular complexity index is 647. The molecule has 118 valence electrons. The van der Waals surface area contributed by atoms with E-state index in [2.05, 4.69) is 27.4 Å². The third kappa shape index (κ3) is 2.32. The van der Waals surface area contributed by atoms with E-state index in [-0.39, 0.29) is 6.23 Å². The van der Waals surface area contributed by atoms with Crippen LogP contribution in [0.15, 0.2) is 18.3 Å². The Morgan fingerprint density at radius 2 is 2.23 bits per heavy atom. The summed E-state index contributed by atoms with van der Waals surface area (Å²) < 4.78 is 8.25. The molecule has 2 aliphatic heterocycles. The molecular weight excluding hydrogens is 276 g/mol. The Kier molecular flexibility index (Phi) is 3.84. The van der Waals surface area contributed by atoms with E-state index in [9.17, 15) is 0 Å². The topological polar surface area (TPSA) is 43.2 Å². The fraction of sp³-hybridized carbons (Fsp3) is 0.647. The maximum absolute atomic E-state index is 5.97. The van der Waals surface area contributed by atoms with Gasteiger partial charge in [-0.1, -0.05) is 13.3 Å². The molecule has 0 saturated carbocycles. The van der Waals surface area contributed by atoms with Gasteiger partial charge in [0.25, 0.3) is 0 Å². The smallest absolute Gasteiger partial charge is 0.162 e. The zero-order chi connectivity index (χ0) is 14.9. The lowest BCUT2D eigenvalue weighted by molar-refractivity contribution is 0.0494. The highest BCUT2D eigenvalue weighted by atomic mass is 16.5. The molecule has 4 rings (SSSR count). The lowest BCUT2D eigenvalue weighted by atomic mass is 10.0. The number of hydrogen-bond acceptors (Lipinski definition) is 4. The summed E-state index contributed by atoms with van der Waals surface area (Å²) in [5.41, 5.74) is 1.97. The fourth-order valence-electron chi connectivity index (χ4n) is 3.89. The first-order valence-electron chi connectivity index (χ1n) is 8.57. The monoisotopic (exact) mass is 300 g/mol. The summed E-state index contributed by atoms with van der Waals surface area (Å²) in [4.78, 5) is 12.1. The van der Waals surface area contributed by atoms with Crippen LogP contribution in [0, 0.1) is 0 Å². The van der Waals surface area contributed by atoms with Crippen LogP contribution in [0.1, 0.15) is 57.1 Å². The second-order valence-corrected chi connectivity index (χ2v) is 6.29. The third-order valence-corrected chi connectivity index (χ3v) is 4.99. The molecule has 0 aliphatic carbocycles. The van der Waals surface area contributed by atoms with Crippen LogP contribution in [0.5, 0.6) is 0 Å². The Labute approximate surface area is 131 Å². The predicted molar refractivity (Wildman–Crippen MR) is 85.6 cm³/mol. The van der Waals surface area contributed by atoms with E-state index < -0.39 is 0 Å². The van der Waals surface area contributed by atoms with Crippen molar-refractivity contribution in [3.8, 4) is 0 Å². The van der Waals surface area contributed by atoms with Crippen molar-refractivity contribution in [2.75, 3.05) is 19.7 Å². The molecule has 4 heterocycles. The molecule has 2 aromatic rings. The number of hydrogen-bond donors (Lipinski definition) is 0. The molecule has 0 N–H and O–H groups in total. The van der Waals surface area contributed by atoms with Gasteiger partial charge in [0.1, 0.15) is 17.6 Å². The van der Waals surface area contributed by atoms with Gasteiger partial charge in [0.2, 0.25) is 0 Å². The average Bonchev–Trinajstić information content (AvgIpc) is 3.21. The van der Waals surface area contributed by atoms with Crippen molar-refractivity contribution < 1.29 is 4.74 Å². The first-order valence-corrected chi connectivity index (χ1v) is 8.57. The largest absolute Gasteiger partial charge is 0.358 e. The van der Waals surface area contributed by atoms with Gasteiger partial charge in [-0.25, -0.2) is 9.97 Å². The molecule has 2 unspecified atom stereocenters. The quantitative estimate of drug-likeness (QED) is 0.872. The van der Waals surface area contributed by atoms with Crippen molar-refractivity contribution in [1.82, 2.24) is 19.4 Å². The summed E-state index contributed by atoms with van der Waals surface area (Å²) in [6.45, 7) is 5.34. The number of piperidine rings is 1. The lowest BCUT2D eigenvalue weighted by Gasteiger charge is -2.35. The maximum atomic E-state index is 5.97. The Balaban J connectivity index is 1.83. The van der Waals surface area contributed by atoms with E-state index in [1.54, 1.807) is 0 Å². The number of aromatic nitrogens is 3. The summed E-state index contributed by atoms with van der Waals surface area (Å²) in [7, 11) is 0. The SMILES string of the molecule is CCN1CCCCC1c1nc2cccnc2n1C1CCCO1. The predicted octanol–water partition coefficient (Wildman–Crippen LogP) is 3.29. The highest BCUT2D eigenvalue weighted by Crippen LogP contribution is 2.36. The van der Waals surface area contributed by atoms with Gasteiger partial charge in [-0.2, -0.15) is 0 Å². The molecule has 0 radical (unpaired) electrons. The van der Waals surface area contributed by atoms with Gasteiger partial charge in [0.05, 0.1) is 6.04 Å². The summed E-state index contributed by atoms with van der Waals surface area (Å²) in [6, 6.07) is 4.44. The second-order valence-electron chi connectivity index (χ2n) is 6.29. The minimum Gasteiger partial charge on any atom is -0.358 e. The molecule has 5 heteroatoms. The van der Waals surface area contributed by atoms with E-state index in [4.69, 9.17) is 9.72 Å². The molecule has 0 amide bonds. The standard InChI is InChI=1S/C17H24N4O/c1-2-20-11-4-3-8-14(20)17-19-13-7-5-10-18-16(13)21(17)15-9-6-12-22-15/h5,7,10,14-15H,2-4,6,8-9,11-12H2,1H3. The zero-order valence-corrected chi connectivity index (χ0v) is 13.2. The number of pyridine rings is 1. The van der Waals surface area contributed by atoms with Crippen molar-refractivity contribution in [1.29, 1.82) is 0 Å². The summed E-state index contributed by atoms with van der Waals surface area (Å²) in [6.07, 6.45) is 7.91. The van der Waals surface area contributed by atoms with Gasteiger partial charge in [-0.3, -0.25) is 9.47 Å². The molecule has 5 nitrogen and oxygen atoms in total. The van der Waals surface area contributed by atoms with Crippen LogP contribution < -0.4 is 0 Å². The van der Waals surface area contributed by atoms with Crippen LogP contribution in [0.2, 0.25) is 0 Å². The number of fused-ring (bicyclic) bond motifs is 1. The first-order chi connectivity index (χ1) is 10.9. The highest BCUT2D eigenvalue weighted by molar-refractivity contribution is 5.71. The molecule has 2 aliphatic rings. The molecule has 0 aromatic carbocycles. The normalized spacial score (nSPS) is 26.8. The summed E-state index contributed by atoms with van der Waals surface area (Å²) in [5, 5.41) is 0. The highest BCUT2D eigenvalue weighted by Gasteiger charge is 2.31. The van der Waals surface area contributed by atoms with E-state index in [1.165, 1.54) is 25.8 Å². The Morgan fingerprint density at radius 3 is 3.05 bits per heavy atom. The molecule has 2 fully saturated rings. The number of rotatable bonds is 3. The van der Waals surface area contributed by atoms with Crippen LogP contribution in [-0.2, 0) is 4.74 Å². The van der Waals surface area contributed by atoms with Crippen molar-refractivity contribution >= 4 is 11.2 Å². The molecular formula is C17H24N4O. The molecule has 0 spiro atoms. The molecule has 22 heavy (non-hydrogen) atoms. The van der Waals surface area contributed by atoms with Crippen molar-refractivity contribution in [3.63, 3.8) is 0 Å². The lowest BCUT2D eigenvalue weighted by Crippen LogP contribution is -2.35. The van der Waals surface area contributed by atoms with E-state index in [1.807, 2.05) is 12.3 Å². The Hall–Kier alpha value is -1.46. The van der Waals surface area contributed by atoms with Gasteiger partial charge in [-0.15, -0.1) is 0 Å². The zero-order valence-electron chi connectivity index (χ0n) is 13.2. The van der Waals surface area contributed by atoms with Gasteiger partial charge in [-0.05, 0) is 50.9 Å². The minimum absolute atomic E-state index is 0.107. The third-order valence-electron chi connectivity index (χ3n) is 4.99. The van der Waals surface area contributed by atoms with Crippen LogP contribution in [0.25, 0.3) is 11.2 Å². The summed E-state index contributed by atoms with van der Waals surface area (Å²) >= 11 is 0. The number of nitrogens with zero attached hydrogens (tertiary/aromatic N) is 4. The van der Waals surface area contributed by atoms with E-state index in [0.717, 1.165) is 43.0 Å². The van der Waals surface area contributed by atoms with Gasteiger partial charge in [0.15, 0.2) is 5.65 Å². The van der Waals surface area contributed by atoms with E-state index >= 15 is 0 Å². The van der Waals surface area contributed by atoms with Crippen LogP contribution in [0.4, 0.5) is 0 Å². The van der Waals surface area contributed by atoms with Crippen molar-refractivity contribution in [2.45, 2.75) is 51.3 Å². The number of ether oxygens (including phenoxy) is 1. The van der Waals surface area contributed by atoms with Crippen LogP contribution >= 0.6 is 0 Å². The first kappa shape index (κ1) is 14.2. The fourth-order valence-corrected chi connectivity index (χ4v) is 3.89. The van der Waals surface area contributed by atoms with E-state index in [0.29, 0.717) is 6.04 Å². The number of likely N-dealkylation sites (tertiary alicyclic amines) is 1. The van der Waals surface area contributed by atoms with Crippen molar-refractivity contribution in [2.24, 2.45) is 0 Å². The molecule has 2 aromatic heterocycles. The number of imidazole rings is 1.